The summed E-state index contributed by atoms with van der Waals surface area (Å²) in [6, 6.07) is 7.54. The van der Waals surface area contributed by atoms with E-state index in [2.05, 4.69) is 31.9 Å². The minimum atomic E-state index is -0.158. The SMILES string of the molecule is CN(C(=O)Br)c1ccccc1Br. The first-order valence-electron chi connectivity index (χ1n) is 3.30. The first-order chi connectivity index (χ1) is 5.63. The van der Waals surface area contributed by atoms with E-state index in [9.17, 15) is 4.79 Å². The fraction of sp³-hybridized carbons (Fsp3) is 0.125. The fourth-order valence-corrected chi connectivity index (χ4v) is 1.56. The van der Waals surface area contributed by atoms with Crippen LogP contribution in [0.25, 0.3) is 0 Å². The molecule has 1 aromatic carbocycles. The zero-order valence-corrected chi connectivity index (χ0v) is 9.59. The standard InChI is InChI=1S/C8H7Br2NO/c1-11(8(10)12)7-5-3-2-4-6(7)9/h2-5H,1H3. The van der Waals surface area contributed by atoms with Crippen molar-refractivity contribution in [1.82, 2.24) is 0 Å². The number of rotatable bonds is 1. The van der Waals surface area contributed by atoms with Gasteiger partial charge in [0.1, 0.15) is 0 Å². The van der Waals surface area contributed by atoms with E-state index in [0.717, 1.165) is 10.2 Å². The highest BCUT2D eigenvalue weighted by atomic mass is 79.9. The van der Waals surface area contributed by atoms with Gasteiger partial charge < -0.3 is 4.90 Å². The highest BCUT2D eigenvalue weighted by Crippen LogP contribution is 2.25. The molecule has 0 aliphatic heterocycles. The lowest BCUT2D eigenvalue weighted by Crippen LogP contribution is -2.19. The van der Waals surface area contributed by atoms with Crippen molar-refractivity contribution in [3.8, 4) is 0 Å². The number of nitrogens with zero attached hydrogens (tertiary/aromatic N) is 1. The van der Waals surface area contributed by atoms with Gasteiger partial charge in [-0.25, -0.2) is 0 Å². The number of carbonyl (C=O) groups excluding carboxylic acids is 1. The molecular weight excluding hydrogens is 286 g/mol. The molecule has 4 heteroatoms. The molecule has 1 amide bonds. The van der Waals surface area contributed by atoms with Gasteiger partial charge in [-0.1, -0.05) is 12.1 Å². The summed E-state index contributed by atoms with van der Waals surface area (Å²) in [7, 11) is 1.71. The topological polar surface area (TPSA) is 20.3 Å². The Morgan fingerprint density at radius 2 is 2.00 bits per heavy atom. The fourth-order valence-electron chi connectivity index (χ4n) is 0.818. The summed E-state index contributed by atoms with van der Waals surface area (Å²) in [6.45, 7) is 0. The van der Waals surface area contributed by atoms with Crippen molar-refractivity contribution in [1.29, 1.82) is 0 Å². The Morgan fingerprint density at radius 1 is 1.42 bits per heavy atom. The molecule has 0 aliphatic rings. The zero-order chi connectivity index (χ0) is 9.14. The maximum Gasteiger partial charge on any atom is 0.293 e. The minimum Gasteiger partial charge on any atom is -0.305 e. The average Bonchev–Trinajstić information content (AvgIpc) is 2.04. The van der Waals surface area contributed by atoms with Gasteiger partial charge in [0.2, 0.25) is 0 Å². The van der Waals surface area contributed by atoms with Crippen molar-refractivity contribution in [2.45, 2.75) is 0 Å². The molecule has 0 fully saturated rings. The Morgan fingerprint density at radius 3 is 2.50 bits per heavy atom. The Balaban J connectivity index is 3.02. The van der Waals surface area contributed by atoms with Crippen molar-refractivity contribution in [3.05, 3.63) is 28.7 Å². The molecule has 0 bridgehead atoms. The van der Waals surface area contributed by atoms with E-state index in [1.165, 1.54) is 4.90 Å². The number of anilines is 1. The van der Waals surface area contributed by atoms with Gasteiger partial charge in [0.25, 0.3) is 4.82 Å². The summed E-state index contributed by atoms with van der Waals surface area (Å²) in [6.07, 6.45) is 0. The number of amides is 1. The molecular formula is C8H7Br2NO. The second-order valence-corrected chi connectivity index (χ2v) is 3.80. The van der Waals surface area contributed by atoms with Gasteiger partial charge in [-0.15, -0.1) is 0 Å². The summed E-state index contributed by atoms with van der Waals surface area (Å²) in [5.41, 5.74) is 0.847. The molecule has 1 rings (SSSR count). The number of carbonyl (C=O) groups is 1. The van der Waals surface area contributed by atoms with Crippen molar-refractivity contribution in [2.24, 2.45) is 0 Å². The Bertz CT molecular complexity index is 301. The van der Waals surface area contributed by atoms with Crippen LogP contribution in [0.1, 0.15) is 0 Å². The smallest absolute Gasteiger partial charge is 0.293 e. The first kappa shape index (κ1) is 9.74. The number of para-hydroxylation sites is 1. The van der Waals surface area contributed by atoms with E-state index in [4.69, 9.17) is 0 Å². The van der Waals surface area contributed by atoms with Crippen molar-refractivity contribution in [3.63, 3.8) is 0 Å². The highest BCUT2D eigenvalue weighted by Gasteiger charge is 2.08. The molecule has 0 radical (unpaired) electrons. The summed E-state index contributed by atoms with van der Waals surface area (Å²) in [5.74, 6) is 0. The van der Waals surface area contributed by atoms with Crippen LogP contribution in [0, 0.1) is 0 Å². The summed E-state index contributed by atoms with van der Waals surface area (Å²) < 4.78 is 0.903. The van der Waals surface area contributed by atoms with E-state index in [1.54, 1.807) is 7.05 Å². The van der Waals surface area contributed by atoms with Crippen LogP contribution in [0.15, 0.2) is 28.7 Å². The van der Waals surface area contributed by atoms with Crippen LogP contribution in [0.4, 0.5) is 10.5 Å². The van der Waals surface area contributed by atoms with E-state index >= 15 is 0 Å². The molecule has 0 atom stereocenters. The van der Waals surface area contributed by atoms with Crippen LogP contribution in [-0.2, 0) is 0 Å². The van der Waals surface area contributed by atoms with Crippen LogP contribution in [0.3, 0.4) is 0 Å². The number of hydrogen-bond acceptors (Lipinski definition) is 1. The third-order valence-electron chi connectivity index (χ3n) is 1.48. The van der Waals surface area contributed by atoms with E-state index in [-0.39, 0.29) is 4.82 Å². The van der Waals surface area contributed by atoms with Crippen LogP contribution in [0.2, 0.25) is 0 Å². The Labute approximate surface area is 87.8 Å². The summed E-state index contributed by atoms with van der Waals surface area (Å²) in [4.78, 5) is 12.3. The lowest BCUT2D eigenvalue weighted by Gasteiger charge is -2.14. The van der Waals surface area contributed by atoms with Gasteiger partial charge in [-0.2, -0.15) is 0 Å². The molecule has 2 nitrogen and oxygen atoms in total. The molecule has 0 saturated heterocycles. The maximum absolute atomic E-state index is 10.9. The van der Waals surface area contributed by atoms with Crippen LogP contribution in [-0.4, -0.2) is 11.9 Å². The first-order valence-corrected chi connectivity index (χ1v) is 4.89. The molecule has 0 aromatic heterocycles. The third kappa shape index (κ3) is 2.08. The normalized spacial score (nSPS) is 9.58. The second kappa shape index (κ2) is 4.05. The zero-order valence-electron chi connectivity index (χ0n) is 6.42. The van der Waals surface area contributed by atoms with Crippen molar-refractivity contribution in [2.75, 3.05) is 11.9 Å². The molecule has 0 aliphatic carbocycles. The predicted molar refractivity (Wildman–Crippen MR) is 56.9 cm³/mol. The molecule has 0 N–H and O–H groups in total. The highest BCUT2D eigenvalue weighted by molar-refractivity contribution is 9.18. The summed E-state index contributed by atoms with van der Waals surface area (Å²) >= 11 is 6.23. The van der Waals surface area contributed by atoms with Gasteiger partial charge in [0, 0.05) is 27.5 Å². The average molecular weight is 293 g/mol. The monoisotopic (exact) mass is 291 g/mol. The number of benzene rings is 1. The molecule has 1 aromatic rings. The molecule has 12 heavy (non-hydrogen) atoms. The van der Waals surface area contributed by atoms with Crippen LogP contribution < -0.4 is 4.90 Å². The van der Waals surface area contributed by atoms with Gasteiger partial charge in [0.05, 0.1) is 5.69 Å². The van der Waals surface area contributed by atoms with Crippen molar-refractivity contribution >= 4 is 42.4 Å². The Kier molecular flexibility index (Phi) is 3.29. The molecule has 0 spiro atoms. The van der Waals surface area contributed by atoms with Crippen LogP contribution in [0.5, 0.6) is 0 Å². The lowest BCUT2D eigenvalue weighted by molar-refractivity contribution is 0.267. The number of hydrogen-bond donors (Lipinski definition) is 0. The molecule has 0 saturated carbocycles. The van der Waals surface area contributed by atoms with Gasteiger partial charge >= 0.3 is 0 Å². The van der Waals surface area contributed by atoms with Gasteiger partial charge in [-0.3, -0.25) is 4.79 Å². The molecule has 0 unspecified atom stereocenters. The maximum atomic E-state index is 10.9. The summed E-state index contributed by atoms with van der Waals surface area (Å²) in [5, 5.41) is 0. The number of halogens is 2. The van der Waals surface area contributed by atoms with E-state index in [1.807, 2.05) is 24.3 Å². The largest absolute Gasteiger partial charge is 0.305 e. The third-order valence-corrected chi connectivity index (χ3v) is 2.68. The van der Waals surface area contributed by atoms with Gasteiger partial charge in [0.15, 0.2) is 0 Å². The lowest BCUT2D eigenvalue weighted by atomic mass is 10.3. The molecule has 64 valence electrons. The Hall–Kier alpha value is -0.350. The van der Waals surface area contributed by atoms with Crippen LogP contribution >= 0.6 is 31.9 Å². The van der Waals surface area contributed by atoms with Crippen molar-refractivity contribution < 1.29 is 4.79 Å². The minimum absolute atomic E-state index is 0.158. The second-order valence-electron chi connectivity index (χ2n) is 2.26. The van der Waals surface area contributed by atoms with Gasteiger partial charge in [-0.05, 0) is 28.1 Å². The molecule has 0 heterocycles. The van der Waals surface area contributed by atoms with E-state index < -0.39 is 0 Å². The predicted octanol–water partition coefficient (Wildman–Crippen LogP) is 3.40. The van der Waals surface area contributed by atoms with E-state index in [0.29, 0.717) is 0 Å². The quantitative estimate of drug-likeness (QED) is 0.574.